The lowest BCUT2D eigenvalue weighted by molar-refractivity contribution is 0.0193. The van der Waals surface area contributed by atoms with Crippen LogP contribution in [-0.2, 0) is 17.6 Å². The Kier molecular flexibility index (Phi) is 3.52. The average Bonchev–Trinajstić information content (AvgIpc) is 3.24. The van der Waals surface area contributed by atoms with E-state index >= 15 is 0 Å². The van der Waals surface area contributed by atoms with Gasteiger partial charge in [0.2, 0.25) is 5.89 Å². The molecule has 1 fully saturated rings. The molecule has 2 aliphatic rings. The summed E-state index contributed by atoms with van der Waals surface area (Å²) in [7, 11) is 0. The SMILES string of the molecule is CC(C)(C)[C@H]1OCC[C@@H]1c1noc(C2CCc3cn[nH]c3C2)n1. The van der Waals surface area contributed by atoms with Crippen molar-refractivity contribution in [2.24, 2.45) is 5.41 Å². The minimum atomic E-state index is 0.0810. The molecule has 0 spiro atoms. The van der Waals surface area contributed by atoms with Gasteiger partial charge in [-0.1, -0.05) is 25.9 Å². The summed E-state index contributed by atoms with van der Waals surface area (Å²) in [6.45, 7) is 7.39. The van der Waals surface area contributed by atoms with E-state index in [1.807, 2.05) is 6.20 Å². The first-order valence-corrected chi connectivity index (χ1v) is 8.48. The summed E-state index contributed by atoms with van der Waals surface area (Å²) in [5, 5.41) is 11.5. The van der Waals surface area contributed by atoms with Crippen LogP contribution in [0.25, 0.3) is 0 Å². The molecule has 0 amide bonds. The van der Waals surface area contributed by atoms with Gasteiger partial charge < -0.3 is 9.26 Å². The molecule has 1 aliphatic heterocycles. The van der Waals surface area contributed by atoms with E-state index in [4.69, 9.17) is 14.2 Å². The van der Waals surface area contributed by atoms with Crippen LogP contribution in [0.3, 0.4) is 0 Å². The molecule has 3 atom stereocenters. The van der Waals surface area contributed by atoms with Crippen molar-refractivity contribution in [3.8, 4) is 0 Å². The van der Waals surface area contributed by atoms with E-state index in [1.54, 1.807) is 0 Å². The molecule has 4 rings (SSSR count). The number of hydrogen-bond donors (Lipinski definition) is 1. The molecule has 2 aromatic rings. The number of hydrogen-bond acceptors (Lipinski definition) is 5. The van der Waals surface area contributed by atoms with Gasteiger partial charge in [-0.05, 0) is 30.2 Å². The van der Waals surface area contributed by atoms with Crippen molar-refractivity contribution in [3.63, 3.8) is 0 Å². The smallest absolute Gasteiger partial charge is 0.230 e. The number of rotatable bonds is 2. The fourth-order valence-corrected chi connectivity index (χ4v) is 3.89. The monoisotopic (exact) mass is 316 g/mol. The summed E-state index contributed by atoms with van der Waals surface area (Å²) < 4.78 is 11.6. The Labute approximate surface area is 136 Å². The standard InChI is InChI=1S/C17H24N4O2/c1-17(2,3)14-12(6-7-22-14)15-19-16(23-21-15)10-4-5-11-9-18-20-13(11)8-10/h9-10,12,14H,4-8H2,1-3H3,(H,18,20)/t10?,12-,14-/m0/s1. The van der Waals surface area contributed by atoms with Crippen LogP contribution in [0.15, 0.2) is 10.7 Å². The molecule has 1 saturated heterocycles. The molecule has 0 aromatic carbocycles. The molecule has 0 bridgehead atoms. The number of ether oxygens (including phenoxy) is 1. The number of aromatic amines is 1. The van der Waals surface area contributed by atoms with Crippen molar-refractivity contribution in [3.05, 3.63) is 29.2 Å². The number of fused-ring (bicyclic) bond motifs is 1. The molecule has 1 unspecified atom stereocenters. The maximum absolute atomic E-state index is 5.94. The van der Waals surface area contributed by atoms with Crippen LogP contribution in [0.4, 0.5) is 0 Å². The van der Waals surface area contributed by atoms with Gasteiger partial charge in [0.1, 0.15) is 0 Å². The molecule has 6 nitrogen and oxygen atoms in total. The summed E-state index contributed by atoms with van der Waals surface area (Å²) in [4.78, 5) is 4.74. The van der Waals surface area contributed by atoms with Crippen LogP contribution in [0, 0.1) is 5.41 Å². The molecule has 6 heteroatoms. The Hall–Kier alpha value is -1.69. The molecule has 1 N–H and O–H groups in total. The number of nitrogens with one attached hydrogen (secondary N) is 1. The Morgan fingerprint density at radius 3 is 2.96 bits per heavy atom. The normalized spacial score (nSPS) is 28.0. The molecule has 0 radical (unpaired) electrons. The first kappa shape index (κ1) is 14.9. The van der Waals surface area contributed by atoms with Crippen LogP contribution in [0.5, 0.6) is 0 Å². The summed E-state index contributed by atoms with van der Waals surface area (Å²) in [6, 6.07) is 0. The predicted octanol–water partition coefficient (Wildman–Crippen LogP) is 2.98. The molecule has 0 saturated carbocycles. The van der Waals surface area contributed by atoms with Crippen LogP contribution in [0.1, 0.15) is 68.4 Å². The largest absolute Gasteiger partial charge is 0.377 e. The second kappa shape index (κ2) is 5.44. The first-order valence-electron chi connectivity index (χ1n) is 8.48. The lowest BCUT2D eigenvalue weighted by Crippen LogP contribution is -2.30. The van der Waals surface area contributed by atoms with Crippen molar-refractivity contribution in [2.75, 3.05) is 6.61 Å². The van der Waals surface area contributed by atoms with Crippen LogP contribution in [-0.4, -0.2) is 33.0 Å². The van der Waals surface area contributed by atoms with Gasteiger partial charge in [-0.3, -0.25) is 5.10 Å². The Morgan fingerprint density at radius 2 is 2.13 bits per heavy atom. The fraction of sp³-hybridized carbons (Fsp3) is 0.706. The van der Waals surface area contributed by atoms with Gasteiger partial charge in [0.05, 0.1) is 18.2 Å². The highest BCUT2D eigenvalue weighted by molar-refractivity contribution is 5.22. The van der Waals surface area contributed by atoms with Crippen molar-refractivity contribution >= 4 is 0 Å². The molecule has 3 heterocycles. The highest BCUT2D eigenvalue weighted by atomic mass is 16.5. The third-order valence-electron chi connectivity index (χ3n) is 5.10. The van der Waals surface area contributed by atoms with Crippen LogP contribution in [0.2, 0.25) is 0 Å². The van der Waals surface area contributed by atoms with E-state index < -0.39 is 0 Å². The van der Waals surface area contributed by atoms with Gasteiger partial charge >= 0.3 is 0 Å². The minimum Gasteiger partial charge on any atom is -0.377 e. The van der Waals surface area contributed by atoms with E-state index in [-0.39, 0.29) is 17.4 Å². The first-order chi connectivity index (χ1) is 11.0. The van der Waals surface area contributed by atoms with Gasteiger partial charge in [0, 0.05) is 24.6 Å². The van der Waals surface area contributed by atoms with Gasteiger partial charge in [-0.2, -0.15) is 10.1 Å². The zero-order valence-corrected chi connectivity index (χ0v) is 14.0. The summed E-state index contributed by atoms with van der Waals surface area (Å²) >= 11 is 0. The summed E-state index contributed by atoms with van der Waals surface area (Å²) in [5.74, 6) is 2.10. The van der Waals surface area contributed by atoms with Crippen molar-refractivity contribution < 1.29 is 9.26 Å². The molecule has 23 heavy (non-hydrogen) atoms. The van der Waals surface area contributed by atoms with Crippen LogP contribution < -0.4 is 0 Å². The van der Waals surface area contributed by atoms with Gasteiger partial charge in [0.25, 0.3) is 0 Å². The topological polar surface area (TPSA) is 76.8 Å². The van der Waals surface area contributed by atoms with Crippen LogP contribution >= 0.6 is 0 Å². The third kappa shape index (κ3) is 2.69. The lowest BCUT2D eigenvalue weighted by atomic mass is 9.81. The fourth-order valence-electron chi connectivity index (χ4n) is 3.89. The Morgan fingerprint density at radius 1 is 1.26 bits per heavy atom. The van der Waals surface area contributed by atoms with Gasteiger partial charge in [0.15, 0.2) is 5.82 Å². The van der Waals surface area contributed by atoms with Crippen molar-refractivity contribution in [1.29, 1.82) is 0 Å². The number of H-pyrrole nitrogens is 1. The maximum Gasteiger partial charge on any atom is 0.230 e. The quantitative estimate of drug-likeness (QED) is 0.921. The molecule has 124 valence electrons. The zero-order valence-electron chi connectivity index (χ0n) is 14.0. The molecular formula is C17H24N4O2. The number of nitrogens with zero attached hydrogens (tertiary/aromatic N) is 3. The zero-order chi connectivity index (χ0) is 16.0. The Bertz CT molecular complexity index is 685. The summed E-state index contributed by atoms with van der Waals surface area (Å²) in [6.07, 6.45) is 6.01. The number of aromatic nitrogens is 4. The molecule has 2 aromatic heterocycles. The van der Waals surface area contributed by atoms with Gasteiger partial charge in [-0.25, -0.2) is 0 Å². The maximum atomic E-state index is 5.94. The van der Waals surface area contributed by atoms with Crippen molar-refractivity contribution in [2.45, 2.75) is 64.4 Å². The van der Waals surface area contributed by atoms with E-state index in [1.165, 1.54) is 11.3 Å². The molecule has 1 aliphatic carbocycles. The highest BCUT2D eigenvalue weighted by Gasteiger charge is 2.41. The summed E-state index contributed by atoms with van der Waals surface area (Å²) in [5.41, 5.74) is 2.60. The second-order valence-corrected chi connectivity index (χ2v) is 7.86. The van der Waals surface area contributed by atoms with Crippen molar-refractivity contribution in [1.82, 2.24) is 20.3 Å². The van der Waals surface area contributed by atoms with E-state index in [0.717, 1.165) is 44.0 Å². The lowest BCUT2D eigenvalue weighted by Gasteiger charge is -2.29. The van der Waals surface area contributed by atoms with E-state index in [2.05, 4.69) is 36.1 Å². The third-order valence-corrected chi connectivity index (χ3v) is 5.10. The average molecular weight is 316 g/mol. The van der Waals surface area contributed by atoms with E-state index in [0.29, 0.717) is 5.92 Å². The molecular weight excluding hydrogens is 292 g/mol. The second-order valence-electron chi connectivity index (χ2n) is 7.86. The minimum absolute atomic E-state index is 0.0810. The highest BCUT2D eigenvalue weighted by Crippen LogP contribution is 2.40. The predicted molar refractivity (Wildman–Crippen MR) is 84.2 cm³/mol. The number of aryl methyl sites for hydroxylation is 1. The van der Waals surface area contributed by atoms with E-state index in [9.17, 15) is 0 Å². The van der Waals surface area contributed by atoms with Gasteiger partial charge in [-0.15, -0.1) is 0 Å². The Balaban J connectivity index is 1.53.